The first-order valence-corrected chi connectivity index (χ1v) is 4.83. The van der Waals surface area contributed by atoms with Crippen molar-refractivity contribution in [3.05, 3.63) is 42.7 Å². The van der Waals surface area contributed by atoms with Crippen molar-refractivity contribution in [1.82, 2.24) is 5.01 Å². The third kappa shape index (κ3) is 2.39. The number of nitrogens with zero attached hydrogens (tertiary/aromatic N) is 1. The van der Waals surface area contributed by atoms with E-state index in [0.717, 1.165) is 17.0 Å². The smallest absolute Gasteiger partial charge is 0.133 e. The highest BCUT2D eigenvalue weighted by atomic mass is 16.3. The molecule has 0 unspecified atom stereocenters. The largest absolute Gasteiger partial charge is 0.464 e. The van der Waals surface area contributed by atoms with Crippen molar-refractivity contribution in [3.63, 3.8) is 0 Å². The summed E-state index contributed by atoms with van der Waals surface area (Å²) in [6.07, 6.45) is 1.68. The highest BCUT2D eigenvalue weighted by molar-refractivity contribution is 5.63. The fourth-order valence-corrected chi connectivity index (χ4v) is 1.44. The van der Waals surface area contributed by atoms with Gasteiger partial charge in [0.15, 0.2) is 0 Å². The quantitative estimate of drug-likeness (QED) is 0.776. The lowest BCUT2D eigenvalue weighted by Gasteiger charge is -2.13. The van der Waals surface area contributed by atoms with Crippen molar-refractivity contribution in [2.24, 2.45) is 0 Å². The van der Waals surface area contributed by atoms with Crippen LogP contribution in [0, 0.1) is 0 Å². The van der Waals surface area contributed by atoms with E-state index in [4.69, 9.17) is 4.42 Å². The molecule has 0 aliphatic heterocycles. The summed E-state index contributed by atoms with van der Waals surface area (Å²) in [6, 6.07) is 11.9. The van der Waals surface area contributed by atoms with Gasteiger partial charge in [0.05, 0.1) is 6.26 Å². The number of benzene rings is 1. The van der Waals surface area contributed by atoms with Gasteiger partial charge in [-0.25, -0.2) is 5.01 Å². The molecule has 3 nitrogen and oxygen atoms in total. The van der Waals surface area contributed by atoms with Gasteiger partial charge in [-0.1, -0.05) is 12.1 Å². The monoisotopic (exact) mass is 202 g/mol. The molecule has 0 atom stereocenters. The molecular weight excluding hydrogens is 188 g/mol. The Morgan fingerprint density at radius 2 is 2.00 bits per heavy atom. The van der Waals surface area contributed by atoms with E-state index in [9.17, 15) is 0 Å². The molecule has 1 heterocycles. The van der Waals surface area contributed by atoms with Crippen LogP contribution in [0.2, 0.25) is 0 Å². The zero-order valence-electron chi connectivity index (χ0n) is 8.90. The lowest BCUT2D eigenvalue weighted by molar-refractivity contribution is 0.495. The van der Waals surface area contributed by atoms with E-state index in [2.05, 4.69) is 11.5 Å². The molecule has 1 aromatic heterocycles. The molecule has 0 bridgehead atoms. The maximum Gasteiger partial charge on any atom is 0.133 e. The van der Waals surface area contributed by atoms with Crippen LogP contribution in [0.25, 0.3) is 11.3 Å². The Morgan fingerprint density at radius 1 is 1.13 bits per heavy atom. The Morgan fingerprint density at radius 3 is 2.67 bits per heavy atom. The molecule has 0 aliphatic carbocycles. The number of hydrogen-bond donors (Lipinski definition) is 1. The van der Waals surface area contributed by atoms with E-state index >= 15 is 0 Å². The summed E-state index contributed by atoms with van der Waals surface area (Å²) >= 11 is 0. The molecule has 0 radical (unpaired) electrons. The third-order valence-corrected chi connectivity index (χ3v) is 2.02. The molecule has 0 fully saturated rings. The molecule has 0 amide bonds. The first-order valence-electron chi connectivity index (χ1n) is 4.83. The second-order valence-electron chi connectivity index (χ2n) is 3.56. The van der Waals surface area contributed by atoms with Gasteiger partial charge in [-0.3, -0.25) is 0 Å². The van der Waals surface area contributed by atoms with E-state index in [1.54, 1.807) is 6.26 Å². The number of nitrogens with one attached hydrogen (secondary N) is 1. The highest BCUT2D eigenvalue weighted by Gasteiger charge is 2.01. The predicted octanol–water partition coefficient (Wildman–Crippen LogP) is 2.84. The molecule has 1 N–H and O–H groups in total. The van der Waals surface area contributed by atoms with Crippen molar-refractivity contribution in [2.75, 3.05) is 19.5 Å². The Kier molecular flexibility index (Phi) is 2.74. The van der Waals surface area contributed by atoms with Crippen LogP contribution in [-0.2, 0) is 0 Å². The molecular formula is C12H14N2O. The van der Waals surface area contributed by atoms with Crippen LogP contribution >= 0.6 is 0 Å². The van der Waals surface area contributed by atoms with Crippen LogP contribution in [0.3, 0.4) is 0 Å². The van der Waals surface area contributed by atoms with Crippen molar-refractivity contribution < 1.29 is 4.42 Å². The van der Waals surface area contributed by atoms with Gasteiger partial charge in [0.1, 0.15) is 5.76 Å². The van der Waals surface area contributed by atoms with Gasteiger partial charge in [-0.05, 0) is 24.3 Å². The van der Waals surface area contributed by atoms with Gasteiger partial charge in [-0.2, -0.15) is 0 Å². The summed E-state index contributed by atoms with van der Waals surface area (Å²) in [5.41, 5.74) is 5.32. The molecule has 2 aromatic rings. The van der Waals surface area contributed by atoms with Crippen LogP contribution in [0.1, 0.15) is 0 Å². The molecule has 0 aliphatic rings. The summed E-state index contributed by atoms with van der Waals surface area (Å²) in [5.74, 6) is 0.886. The van der Waals surface area contributed by atoms with Crippen LogP contribution in [0.4, 0.5) is 5.69 Å². The fraction of sp³-hybridized carbons (Fsp3) is 0.167. The zero-order valence-corrected chi connectivity index (χ0v) is 8.90. The van der Waals surface area contributed by atoms with Crippen molar-refractivity contribution in [2.45, 2.75) is 0 Å². The zero-order chi connectivity index (χ0) is 10.7. The van der Waals surface area contributed by atoms with Crippen molar-refractivity contribution >= 4 is 5.69 Å². The Bertz CT molecular complexity index is 421. The average molecular weight is 202 g/mol. The van der Waals surface area contributed by atoms with E-state index in [1.807, 2.05) is 49.4 Å². The predicted molar refractivity (Wildman–Crippen MR) is 61.5 cm³/mol. The first kappa shape index (κ1) is 9.80. The minimum atomic E-state index is 0.886. The number of hydrogen-bond acceptors (Lipinski definition) is 3. The second-order valence-corrected chi connectivity index (χ2v) is 3.56. The minimum absolute atomic E-state index is 0.886. The van der Waals surface area contributed by atoms with E-state index in [-0.39, 0.29) is 0 Å². The Balaban J connectivity index is 2.27. The molecule has 78 valence electrons. The summed E-state index contributed by atoms with van der Waals surface area (Å²) in [5, 5.41) is 1.90. The third-order valence-electron chi connectivity index (χ3n) is 2.02. The molecule has 0 spiro atoms. The van der Waals surface area contributed by atoms with Crippen LogP contribution in [0.5, 0.6) is 0 Å². The number of furan rings is 1. The minimum Gasteiger partial charge on any atom is -0.464 e. The summed E-state index contributed by atoms with van der Waals surface area (Å²) in [6.45, 7) is 0. The maximum absolute atomic E-state index is 5.34. The number of anilines is 1. The molecule has 0 saturated heterocycles. The van der Waals surface area contributed by atoms with E-state index in [1.165, 1.54) is 0 Å². The Hall–Kier alpha value is -1.74. The number of hydrazine groups is 1. The van der Waals surface area contributed by atoms with Gasteiger partial charge in [-0.15, -0.1) is 0 Å². The lowest BCUT2D eigenvalue weighted by Crippen LogP contribution is -2.19. The molecule has 15 heavy (non-hydrogen) atoms. The highest BCUT2D eigenvalue weighted by Crippen LogP contribution is 2.22. The molecule has 2 rings (SSSR count). The fourth-order valence-electron chi connectivity index (χ4n) is 1.44. The van der Waals surface area contributed by atoms with Crippen LogP contribution < -0.4 is 5.43 Å². The summed E-state index contributed by atoms with van der Waals surface area (Å²) in [4.78, 5) is 0. The van der Waals surface area contributed by atoms with Crippen molar-refractivity contribution in [1.29, 1.82) is 0 Å². The average Bonchev–Trinajstić information content (AvgIpc) is 2.69. The summed E-state index contributed by atoms with van der Waals surface area (Å²) < 4.78 is 5.34. The first-order chi connectivity index (χ1) is 7.25. The molecule has 3 heteroatoms. The normalized spacial score (nSPS) is 10.6. The SMILES string of the molecule is CN(C)Nc1cccc(-c2ccco2)c1. The Labute approximate surface area is 89.3 Å². The second kappa shape index (κ2) is 4.19. The molecule has 0 saturated carbocycles. The molecule has 1 aromatic carbocycles. The van der Waals surface area contributed by atoms with Gasteiger partial charge < -0.3 is 9.84 Å². The lowest BCUT2D eigenvalue weighted by atomic mass is 10.1. The van der Waals surface area contributed by atoms with Crippen molar-refractivity contribution in [3.8, 4) is 11.3 Å². The van der Waals surface area contributed by atoms with Gasteiger partial charge in [0.25, 0.3) is 0 Å². The van der Waals surface area contributed by atoms with Crippen LogP contribution in [-0.4, -0.2) is 19.1 Å². The van der Waals surface area contributed by atoms with Gasteiger partial charge in [0.2, 0.25) is 0 Å². The topological polar surface area (TPSA) is 28.4 Å². The maximum atomic E-state index is 5.34. The van der Waals surface area contributed by atoms with Gasteiger partial charge >= 0.3 is 0 Å². The van der Waals surface area contributed by atoms with Crippen LogP contribution in [0.15, 0.2) is 47.1 Å². The van der Waals surface area contributed by atoms with E-state index in [0.29, 0.717) is 0 Å². The van der Waals surface area contributed by atoms with Gasteiger partial charge in [0, 0.05) is 25.3 Å². The number of rotatable bonds is 3. The van der Waals surface area contributed by atoms with E-state index < -0.39 is 0 Å². The summed E-state index contributed by atoms with van der Waals surface area (Å²) in [7, 11) is 3.92. The standard InChI is InChI=1S/C12H14N2O/c1-14(2)13-11-6-3-5-10(9-11)12-7-4-8-15-12/h3-9,13H,1-2H3.